The number of esters is 3. The lowest BCUT2D eigenvalue weighted by molar-refractivity contribution is -0.186. The molecule has 3 atom stereocenters. The summed E-state index contributed by atoms with van der Waals surface area (Å²) in [6.07, 6.45) is 1.79. The van der Waals surface area contributed by atoms with Crippen LogP contribution in [0.4, 0.5) is 0 Å². The van der Waals surface area contributed by atoms with Crippen LogP contribution in [0.3, 0.4) is 0 Å². The summed E-state index contributed by atoms with van der Waals surface area (Å²) in [6.45, 7) is 3.32. The Morgan fingerprint density at radius 2 is 1.08 bits per heavy atom. The third kappa shape index (κ3) is 6.87. The van der Waals surface area contributed by atoms with Gasteiger partial charge in [-0.2, -0.15) is 0 Å². The van der Waals surface area contributed by atoms with Gasteiger partial charge in [0.2, 0.25) is 6.10 Å². The van der Waals surface area contributed by atoms with Crippen LogP contribution in [0, 0.1) is 12.3 Å². The van der Waals surface area contributed by atoms with Gasteiger partial charge in [-0.3, -0.25) is 14.4 Å². The number of carbonyl (C=O) groups excluding carboxylic acids is 3. The number of rotatable bonds is 11. The minimum atomic E-state index is -1.32. The average molecular weight is 515 g/mol. The SMILES string of the molecule is C#C[C@H](OC(C)=O)[C@H](OC(C)=O)[C@@H](COC(c1ccccc1)(c1ccccc1)c1ccccc1)OC(C)=O. The first-order chi connectivity index (χ1) is 18.3. The fraction of sp³-hybridized carbons (Fsp3) is 0.258. The largest absolute Gasteiger partial charge is 0.456 e. The quantitative estimate of drug-likeness (QED) is 0.162. The van der Waals surface area contributed by atoms with Crippen molar-refractivity contribution in [2.24, 2.45) is 0 Å². The Labute approximate surface area is 222 Å². The smallest absolute Gasteiger partial charge is 0.304 e. The molecule has 3 rings (SSSR count). The van der Waals surface area contributed by atoms with Gasteiger partial charge in [0.05, 0.1) is 6.61 Å². The maximum atomic E-state index is 12.1. The molecule has 0 fully saturated rings. The minimum absolute atomic E-state index is 0.254. The fourth-order valence-corrected chi connectivity index (χ4v) is 4.28. The Kier molecular flexibility index (Phi) is 9.80. The van der Waals surface area contributed by atoms with Crippen molar-refractivity contribution in [2.45, 2.75) is 44.7 Å². The number of hydrogen-bond donors (Lipinski definition) is 0. The van der Waals surface area contributed by atoms with Gasteiger partial charge in [-0.15, -0.1) is 6.42 Å². The first-order valence-electron chi connectivity index (χ1n) is 12.1. The molecule has 0 spiro atoms. The van der Waals surface area contributed by atoms with E-state index in [1.165, 1.54) is 20.8 Å². The predicted molar refractivity (Wildman–Crippen MR) is 141 cm³/mol. The Bertz CT molecular complexity index is 1150. The average Bonchev–Trinajstić information content (AvgIpc) is 2.91. The maximum absolute atomic E-state index is 12.1. The van der Waals surface area contributed by atoms with Crippen LogP contribution in [0.5, 0.6) is 0 Å². The molecule has 0 heterocycles. The van der Waals surface area contributed by atoms with Crippen molar-refractivity contribution in [3.05, 3.63) is 108 Å². The molecule has 0 saturated carbocycles. The molecular formula is C31H30O7. The summed E-state index contributed by atoms with van der Waals surface area (Å²) < 4.78 is 22.9. The third-order valence-electron chi connectivity index (χ3n) is 5.75. The number of terminal acetylenes is 1. The van der Waals surface area contributed by atoms with Crippen molar-refractivity contribution in [1.29, 1.82) is 0 Å². The molecule has 0 N–H and O–H groups in total. The highest BCUT2D eigenvalue weighted by molar-refractivity contribution is 5.68. The predicted octanol–water partition coefficient (Wildman–Crippen LogP) is 4.42. The molecule has 7 heteroatoms. The summed E-state index contributed by atoms with van der Waals surface area (Å²) in [5, 5.41) is 0. The van der Waals surface area contributed by atoms with Gasteiger partial charge in [-0.1, -0.05) is 96.9 Å². The van der Waals surface area contributed by atoms with E-state index >= 15 is 0 Å². The molecule has 38 heavy (non-hydrogen) atoms. The van der Waals surface area contributed by atoms with E-state index in [1.54, 1.807) is 0 Å². The van der Waals surface area contributed by atoms with E-state index in [2.05, 4.69) is 5.92 Å². The molecule has 0 aromatic heterocycles. The van der Waals surface area contributed by atoms with Gasteiger partial charge in [0.25, 0.3) is 0 Å². The van der Waals surface area contributed by atoms with Crippen molar-refractivity contribution < 1.29 is 33.3 Å². The van der Waals surface area contributed by atoms with Crippen LogP contribution in [-0.2, 0) is 38.9 Å². The van der Waals surface area contributed by atoms with Gasteiger partial charge in [-0.25, -0.2) is 0 Å². The lowest BCUT2D eigenvalue weighted by Crippen LogP contribution is -2.48. The lowest BCUT2D eigenvalue weighted by atomic mass is 9.80. The lowest BCUT2D eigenvalue weighted by Gasteiger charge is -2.38. The minimum Gasteiger partial charge on any atom is -0.456 e. The van der Waals surface area contributed by atoms with E-state index in [9.17, 15) is 14.4 Å². The maximum Gasteiger partial charge on any atom is 0.304 e. The molecule has 7 nitrogen and oxygen atoms in total. The molecular weight excluding hydrogens is 484 g/mol. The van der Waals surface area contributed by atoms with Crippen molar-refractivity contribution >= 4 is 17.9 Å². The van der Waals surface area contributed by atoms with Crippen LogP contribution in [-0.4, -0.2) is 42.8 Å². The van der Waals surface area contributed by atoms with Crippen molar-refractivity contribution in [1.82, 2.24) is 0 Å². The van der Waals surface area contributed by atoms with E-state index in [-0.39, 0.29) is 6.61 Å². The van der Waals surface area contributed by atoms with Crippen molar-refractivity contribution in [3.63, 3.8) is 0 Å². The van der Waals surface area contributed by atoms with Gasteiger partial charge < -0.3 is 18.9 Å². The second kappa shape index (κ2) is 13.2. The number of ether oxygens (including phenoxy) is 4. The standard InChI is InChI=1S/C31H30O7/c1-5-28(36-22(2)32)30(38-24(4)34)29(37-23(3)33)21-35-31(25-15-9-6-10-16-25,26-17-11-7-12-18-26)27-19-13-8-14-20-27/h1,6-20,28-30H,21H2,2-4H3/t28-,29+,30-/m0/s1. The molecule has 0 unspecified atom stereocenters. The van der Waals surface area contributed by atoms with Gasteiger partial charge in [0, 0.05) is 20.8 Å². The van der Waals surface area contributed by atoms with Crippen molar-refractivity contribution in [3.8, 4) is 12.3 Å². The molecule has 0 aliphatic carbocycles. The fourth-order valence-electron chi connectivity index (χ4n) is 4.28. The molecule has 3 aromatic carbocycles. The van der Waals surface area contributed by atoms with E-state index < -0.39 is 41.8 Å². The third-order valence-corrected chi connectivity index (χ3v) is 5.75. The summed E-state index contributed by atoms with van der Waals surface area (Å²) in [7, 11) is 0. The number of carbonyl (C=O) groups is 3. The molecule has 0 aliphatic rings. The molecule has 196 valence electrons. The highest BCUT2D eigenvalue weighted by Crippen LogP contribution is 2.40. The molecule has 0 radical (unpaired) electrons. The topological polar surface area (TPSA) is 88.1 Å². The van der Waals surface area contributed by atoms with E-state index in [0.29, 0.717) is 0 Å². The molecule has 0 saturated heterocycles. The Balaban J connectivity index is 2.15. The summed E-state index contributed by atoms with van der Waals surface area (Å²) in [6, 6.07) is 28.7. The second-order valence-corrected chi connectivity index (χ2v) is 8.51. The van der Waals surface area contributed by atoms with Crippen LogP contribution >= 0.6 is 0 Å². The normalized spacial score (nSPS) is 13.3. The van der Waals surface area contributed by atoms with Crippen LogP contribution in [0.1, 0.15) is 37.5 Å². The van der Waals surface area contributed by atoms with Gasteiger partial charge in [-0.05, 0) is 16.7 Å². The van der Waals surface area contributed by atoms with Crippen LogP contribution in [0.2, 0.25) is 0 Å². The molecule has 3 aromatic rings. The zero-order chi connectivity index (χ0) is 27.5. The highest BCUT2D eigenvalue weighted by atomic mass is 16.6. The van der Waals surface area contributed by atoms with Crippen molar-refractivity contribution in [2.75, 3.05) is 6.61 Å². The summed E-state index contributed by atoms with van der Waals surface area (Å²) >= 11 is 0. The number of benzene rings is 3. The zero-order valence-corrected chi connectivity index (χ0v) is 21.5. The Morgan fingerprint density at radius 3 is 1.42 bits per heavy atom. The zero-order valence-electron chi connectivity index (χ0n) is 21.5. The van der Waals surface area contributed by atoms with Gasteiger partial charge in [0.1, 0.15) is 5.60 Å². The first kappa shape index (κ1) is 28.2. The summed E-state index contributed by atoms with van der Waals surface area (Å²) in [5.41, 5.74) is 1.31. The Hall–Kier alpha value is -4.41. The van der Waals surface area contributed by atoms with E-state index in [1.807, 2.05) is 91.0 Å². The second-order valence-electron chi connectivity index (χ2n) is 8.51. The summed E-state index contributed by atoms with van der Waals surface area (Å²) in [4.78, 5) is 35.9. The first-order valence-corrected chi connectivity index (χ1v) is 12.1. The molecule has 0 aliphatic heterocycles. The van der Waals surface area contributed by atoms with E-state index in [0.717, 1.165) is 16.7 Å². The van der Waals surface area contributed by atoms with Gasteiger partial charge >= 0.3 is 17.9 Å². The van der Waals surface area contributed by atoms with Crippen LogP contribution < -0.4 is 0 Å². The monoisotopic (exact) mass is 514 g/mol. The number of hydrogen-bond acceptors (Lipinski definition) is 7. The van der Waals surface area contributed by atoms with Crippen LogP contribution in [0.15, 0.2) is 91.0 Å². The van der Waals surface area contributed by atoms with Gasteiger partial charge in [0.15, 0.2) is 12.2 Å². The van der Waals surface area contributed by atoms with E-state index in [4.69, 9.17) is 25.4 Å². The summed E-state index contributed by atoms with van der Waals surface area (Å²) in [5.74, 6) is 0.289. The molecule has 0 amide bonds. The van der Waals surface area contributed by atoms with Crippen LogP contribution in [0.25, 0.3) is 0 Å². The molecule has 0 bridgehead atoms. The Morgan fingerprint density at radius 1 is 0.684 bits per heavy atom. The highest BCUT2D eigenvalue weighted by Gasteiger charge is 2.42.